The molecule has 0 aromatic carbocycles. The Balaban J connectivity index is 2.30. The highest BCUT2D eigenvalue weighted by atomic mass is 16.4. The molecule has 0 radical (unpaired) electrons. The lowest BCUT2D eigenvalue weighted by Crippen LogP contribution is -2.65. The molecule has 5 nitrogen and oxygen atoms in total. The van der Waals surface area contributed by atoms with Crippen molar-refractivity contribution >= 4 is 5.97 Å². The average Bonchev–Trinajstić information content (AvgIpc) is 2.95. The number of rotatable bonds is 4. The molecule has 2 aliphatic rings. The van der Waals surface area contributed by atoms with Crippen LogP contribution >= 0.6 is 0 Å². The molecule has 0 saturated heterocycles. The molecule has 0 atom stereocenters. The predicted octanol–water partition coefficient (Wildman–Crippen LogP) is -0.796. The molecule has 0 unspecified atom stereocenters. The summed E-state index contributed by atoms with van der Waals surface area (Å²) in [6, 6.07) is 0. The van der Waals surface area contributed by atoms with E-state index in [0.717, 1.165) is 12.8 Å². The van der Waals surface area contributed by atoms with Crippen LogP contribution in [-0.4, -0.2) is 23.3 Å². The monoisotopic (exact) mass is 199 g/mol. The Hall–Kier alpha value is -0.650. The van der Waals surface area contributed by atoms with Crippen LogP contribution in [0.25, 0.3) is 0 Å². The van der Waals surface area contributed by atoms with Crippen molar-refractivity contribution in [3.8, 4) is 0 Å². The molecule has 2 aliphatic carbocycles. The molecule has 2 saturated carbocycles. The van der Waals surface area contributed by atoms with Gasteiger partial charge in [0.2, 0.25) is 0 Å². The van der Waals surface area contributed by atoms with Gasteiger partial charge in [-0.3, -0.25) is 4.79 Å². The largest absolute Gasteiger partial charge is 0.481 e. The fraction of sp³-hybridized carbons (Fsp3) is 0.889. The summed E-state index contributed by atoms with van der Waals surface area (Å²) in [4.78, 5) is 11.2. The molecule has 2 fully saturated rings. The predicted molar refractivity (Wildman–Crippen MR) is 51.1 cm³/mol. The number of aliphatic carboxylic acids is 1. The first kappa shape index (κ1) is 9.89. The number of nitrogens with two attached hydrogens (primary N) is 3. The SMILES string of the molecule is NCC(N)(N)C1(C2(C(=O)O)CC2)CC1. The summed E-state index contributed by atoms with van der Waals surface area (Å²) in [6.45, 7) is 0.141. The van der Waals surface area contributed by atoms with Gasteiger partial charge in [-0.2, -0.15) is 0 Å². The second-order valence-corrected chi connectivity index (χ2v) is 4.71. The van der Waals surface area contributed by atoms with Crippen molar-refractivity contribution < 1.29 is 9.90 Å². The number of hydrogen-bond donors (Lipinski definition) is 4. The van der Waals surface area contributed by atoms with Crippen LogP contribution in [0.5, 0.6) is 0 Å². The number of hydrogen-bond acceptors (Lipinski definition) is 4. The molecule has 0 aliphatic heterocycles. The molecular weight excluding hydrogens is 182 g/mol. The van der Waals surface area contributed by atoms with E-state index in [1.54, 1.807) is 0 Å². The van der Waals surface area contributed by atoms with E-state index in [-0.39, 0.29) is 6.54 Å². The van der Waals surface area contributed by atoms with Crippen molar-refractivity contribution in [3.63, 3.8) is 0 Å². The Morgan fingerprint density at radius 1 is 1.29 bits per heavy atom. The third-order valence-electron chi connectivity index (χ3n) is 4.05. The maximum atomic E-state index is 11.2. The maximum Gasteiger partial charge on any atom is 0.310 e. The van der Waals surface area contributed by atoms with Crippen molar-refractivity contribution in [1.29, 1.82) is 0 Å². The summed E-state index contributed by atoms with van der Waals surface area (Å²) in [5, 5.41) is 9.19. The molecule has 0 aromatic rings. The smallest absolute Gasteiger partial charge is 0.310 e. The first-order valence-electron chi connectivity index (χ1n) is 4.93. The van der Waals surface area contributed by atoms with Gasteiger partial charge in [-0.15, -0.1) is 0 Å². The lowest BCUT2D eigenvalue weighted by Gasteiger charge is -2.37. The van der Waals surface area contributed by atoms with E-state index >= 15 is 0 Å². The molecule has 14 heavy (non-hydrogen) atoms. The minimum Gasteiger partial charge on any atom is -0.481 e. The Labute approximate surface area is 82.6 Å². The minimum atomic E-state index is -1.03. The van der Waals surface area contributed by atoms with E-state index in [4.69, 9.17) is 17.2 Å². The van der Waals surface area contributed by atoms with Crippen LogP contribution in [-0.2, 0) is 4.79 Å². The van der Waals surface area contributed by atoms with Crippen LogP contribution in [0, 0.1) is 10.8 Å². The Morgan fingerprint density at radius 3 is 2.00 bits per heavy atom. The zero-order valence-corrected chi connectivity index (χ0v) is 8.12. The second-order valence-electron chi connectivity index (χ2n) is 4.71. The van der Waals surface area contributed by atoms with Gasteiger partial charge in [0.1, 0.15) is 0 Å². The van der Waals surface area contributed by atoms with Crippen molar-refractivity contribution in [2.75, 3.05) is 6.54 Å². The van der Waals surface area contributed by atoms with E-state index in [1.165, 1.54) is 0 Å². The summed E-state index contributed by atoms with van der Waals surface area (Å²) in [5.74, 6) is -0.760. The van der Waals surface area contributed by atoms with Gasteiger partial charge in [0.05, 0.1) is 11.1 Å². The van der Waals surface area contributed by atoms with Crippen LogP contribution in [0.1, 0.15) is 25.7 Å². The average molecular weight is 199 g/mol. The lowest BCUT2D eigenvalue weighted by molar-refractivity contribution is -0.148. The molecule has 5 heteroatoms. The van der Waals surface area contributed by atoms with Crippen molar-refractivity contribution in [3.05, 3.63) is 0 Å². The molecule has 0 amide bonds. The maximum absolute atomic E-state index is 11.2. The van der Waals surface area contributed by atoms with Gasteiger partial charge in [-0.1, -0.05) is 0 Å². The van der Waals surface area contributed by atoms with Crippen LogP contribution in [0.15, 0.2) is 0 Å². The third kappa shape index (κ3) is 0.920. The zero-order chi connectivity index (χ0) is 10.6. The summed E-state index contributed by atoms with van der Waals surface area (Å²) in [7, 11) is 0. The topological polar surface area (TPSA) is 115 Å². The van der Waals surface area contributed by atoms with Crippen molar-refractivity contribution in [1.82, 2.24) is 0 Å². The van der Waals surface area contributed by atoms with E-state index in [0.29, 0.717) is 12.8 Å². The third-order valence-corrected chi connectivity index (χ3v) is 4.05. The van der Waals surface area contributed by atoms with Crippen molar-refractivity contribution in [2.24, 2.45) is 28.0 Å². The summed E-state index contributed by atoms with van der Waals surface area (Å²) in [6.07, 6.45) is 2.98. The van der Waals surface area contributed by atoms with Gasteiger partial charge in [-0.05, 0) is 25.7 Å². The standard InChI is InChI=1S/C9H17N3O2/c10-5-9(11,12)8(3-4-8)7(1-2-7)6(13)14/h1-5,10-12H2,(H,13,14). The number of carboxylic acid groups (broad SMARTS) is 1. The molecule has 0 heterocycles. The van der Waals surface area contributed by atoms with Gasteiger partial charge in [0, 0.05) is 12.0 Å². The van der Waals surface area contributed by atoms with Crippen LogP contribution in [0.3, 0.4) is 0 Å². The molecule has 80 valence electrons. The van der Waals surface area contributed by atoms with Gasteiger partial charge >= 0.3 is 5.97 Å². The highest BCUT2D eigenvalue weighted by Gasteiger charge is 2.75. The molecule has 0 bridgehead atoms. The lowest BCUT2D eigenvalue weighted by atomic mass is 9.75. The Kier molecular flexibility index (Phi) is 1.75. The highest BCUT2D eigenvalue weighted by Crippen LogP contribution is 2.73. The number of carboxylic acids is 1. The van der Waals surface area contributed by atoms with Gasteiger partial charge < -0.3 is 22.3 Å². The summed E-state index contributed by atoms with van der Waals surface area (Å²) >= 11 is 0. The fourth-order valence-corrected chi connectivity index (χ4v) is 2.73. The quantitative estimate of drug-likeness (QED) is 0.442. The van der Waals surface area contributed by atoms with Gasteiger partial charge in [0.25, 0.3) is 0 Å². The molecule has 2 rings (SSSR count). The van der Waals surface area contributed by atoms with Crippen molar-refractivity contribution in [2.45, 2.75) is 31.3 Å². The molecule has 0 aromatic heterocycles. The second kappa shape index (κ2) is 2.48. The van der Waals surface area contributed by atoms with Gasteiger partial charge in [-0.25, -0.2) is 0 Å². The summed E-state index contributed by atoms with van der Waals surface area (Å²) < 4.78 is 0. The van der Waals surface area contributed by atoms with E-state index < -0.39 is 22.5 Å². The highest BCUT2D eigenvalue weighted by molar-refractivity contribution is 5.80. The van der Waals surface area contributed by atoms with E-state index in [9.17, 15) is 9.90 Å². The normalized spacial score (nSPS) is 27.1. The molecule has 0 spiro atoms. The van der Waals surface area contributed by atoms with Crippen LogP contribution < -0.4 is 17.2 Å². The number of carbonyl (C=O) groups is 1. The van der Waals surface area contributed by atoms with E-state index in [2.05, 4.69) is 0 Å². The zero-order valence-electron chi connectivity index (χ0n) is 8.12. The summed E-state index contributed by atoms with van der Waals surface area (Å²) in [5.41, 5.74) is 15.2. The Morgan fingerprint density at radius 2 is 1.79 bits per heavy atom. The van der Waals surface area contributed by atoms with Crippen LogP contribution in [0.2, 0.25) is 0 Å². The fourth-order valence-electron chi connectivity index (χ4n) is 2.73. The van der Waals surface area contributed by atoms with Gasteiger partial charge in [0.15, 0.2) is 0 Å². The first-order valence-corrected chi connectivity index (χ1v) is 4.93. The van der Waals surface area contributed by atoms with E-state index in [1.807, 2.05) is 0 Å². The molecular formula is C9H17N3O2. The Bertz CT molecular complexity index is 280. The first-order chi connectivity index (χ1) is 6.42. The minimum absolute atomic E-state index is 0.141. The molecule has 7 N–H and O–H groups in total. The van der Waals surface area contributed by atoms with Crippen LogP contribution in [0.4, 0.5) is 0 Å².